The number of benzene rings is 1. The van der Waals surface area contributed by atoms with E-state index < -0.39 is 0 Å². The lowest BCUT2D eigenvalue weighted by molar-refractivity contribution is -0.0267. The van der Waals surface area contributed by atoms with Crippen molar-refractivity contribution in [1.29, 1.82) is 0 Å². The highest BCUT2D eigenvalue weighted by atomic mass is 16.5. The van der Waals surface area contributed by atoms with Gasteiger partial charge in [0.2, 0.25) is 0 Å². The molecule has 1 saturated heterocycles. The summed E-state index contributed by atoms with van der Waals surface area (Å²) in [4.78, 5) is 2.33. The quantitative estimate of drug-likeness (QED) is 0.875. The molecule has 0 saturated carbocycles. The van der Waals surface area contributed by atoms with Crippen LogP contribution >= 0.6 is 0 Å². The summed E-state index contributed by atoms with van der Waals surface area (Å²) in [6.45, 7) is 4.31. The monoisotopic (exact) mass is 263 g/mol. The Hall–Kier alpha value is -1.10. The number of aliphatic hydroxyl groups is 1. The number of aliphatic hydroxyl groups excluding tert-OH is 1. The lowest BCUT2D eigenvalue weighted by atomic mass is 10.1. The minimum absolute atomic E-state index is 0.159. The molecule has 0 aliphatic carbocycles. The molecule has 104 valence electrons. The molecule has 2 aliphatic rings. The first-order chi connectivity index (χ1) is 9.36. The van der Waals surface area contributed by atoms with E-state index in [2.05, 4.69) is 23.1 Å². The third-order valence-corrected chi connectivity index (χ3v) is 4.00. The van der Waals surface area contributed by atoms with E-state index >= 15 is 0 Å². The van der Waals surface area contributed by atoms with Crippen molar-refractivity contribution in [1.82, 2.24) is 4.90 Å². The van der Waals surface area contributed by atoms with Crippen molar-refractivity contribution in [3.05, 3.63) is 29.3 Å². The van der Waals surface area contributed by atoms with Crippen molar-refractivity contribution < 1.29 is 14.6 Å². The molecule has 2 aliphatic heterocycles. The molecule has 0 bridgehead atoms. The minimum Gasteiger partial charge on any atom is -0.493 e. The van der Waals surface area contributed by atoms with Crippen molar-refractivity contribution in [3.8, 4) is 5.75 Å². The first kappa shape index (κ1) is 12.9. The molecule has 3 rings (SSSR count). The molecule has 0 aromatic heterocycles. The number of morpholine rings is 1. The zero-order valence-corrected chi connectivity index (χ0v) is 11.2. The Bertz CT molecular complexity index is 435. The molecule has 1 fully saturated rings. The third kappa shape index (κ3) is 2.91. The number of hydrogen-bond donors (Lipinski definition) is 1. The highest BCUT2D eigenvalue weighted by Crippen LogP contribution is 2.26. The minimum atomic E-state index is 0.159. The van der Waals surface area contributed by atoms with E-state index in [9.17, 15) is 5.11 Å². The number of hydrogen-bond acceptors (Lipinski definition) is 4. The molecule has 0 radical (unpaired) electrons. The predicted octanol–water partition coefficient (Wildman–Crippen LogP) is 0.857. The van der Waals surface area contributed by atoms with Gasteiger partial charge >= 0.3 is 0 Å². The third-order valence-electron chi connectivity index (χ3n) is 4.00. The Kier molecular flexibility index (Phi) is 4.01. The molecule has 1 aromatic rings. The van der Waals surface area contributed by atoms with Crippen LogP contribution < -0.4 is 4.74 Å². The van der Waals surface area contributed by atoms with Crippen LogP contribution in [-0.4, -0.2) is 55.6 Å². The second-order valence-corrected chi connectivity index (χ2v) is 5.24. The predicted molar refractivity (Wildman–Crippen MR) is 72.6 cm³/mol. The zero-order valence-electron chi connectivity index (χ0n) is 11.2. The maximum Gasteiger partial charge on any atom is 0.122 e. The van der Waals surface area contributed by atoms with E-state index in [0.717, 1.165) is 44.9 Å². The van der Waals surface area contributed by atoms with Crippen molar-refractivity contribution in [2.24, 2.45) is 0 Å². The summed E-state index contributed by atoms with van der Waals surface area (Å²) in [5.41, 5.74) is 2.69. The van der Waals surface area contributed by atoms with Gasteiger partial charge in [0, 0.05) is 19.5 Å². The Morgan fingerprint density at radius 1 is 1.32 bits per heavy atom. The lowest BCUT2D eigenvalue weighted by Gasteiger charge is -2.34. The van der Waals surface area contributed by atoms with Gasteiger partial charge < -0.3 is 14.6 Å². The van der Waals surface area contributed by atoms with E-state index in [-0.39, 0.29) is 12.6 Å². The van der Waals surface area contributed by atoms with Crippen molar-refractivity contribution >= 4 is 0 Å². The van der Waals surface area contributed by atoms with Crippen LogP contribution in [0.25, 0.3) is 0 Å². The van der Waals surface area contributed by atoms with Gasteiger partial charge in [0.15, 0.2) is 0 Å². The molecule has 1 atom stereocenters. The van der Waals surface area contributed by atoms with Crippen LogP contribution in [0.15, 0.2) is 18.2 Å². The summed E-state index contributed by atoms with van der Waals surface area (Å²) >= 11 is 0. The molecular weight excluding hydrogens is 242 g/mol. The Labute approximate surface area is 113 Å². The average Bonchev–Trinajstić information content (AvgIpc) is 2.93. The standard InChI is InChI=1S/C15H21NO3/c17-10-14-11-18-8-6-16(14)5-3-12-1-2-15-13(9-12)4-7-19-15/h1-2,9,14,17H,3-8,10-11H2. The van der Waals surface area contributed by atoms with Crippen molar-refractivity contribution in [3.63, 3.8) is 0 Å². The van der Waals surface area contributed by atoms with E-state index in [1.54, 1.807) is 0 Å². The normalized spacial score (nSPS) is 23.1. The second kappa shape index (κ2) is 5.90. The smallest absolute Gasteiger partial charge is 0.122 e. The maximum absolute atomic E-state index is 9.35. The number of nitrogens with zero attached hydrogens (tertiary/aromatic N) is 1. The van der Waals surface area contributed by atoms with E-state index in [1.807, 2.05) is 0 Å². The number of rotatable bonds is 4. The summed E-state index contributed by atoms with van der Waals surface area (Å²) < 4.78 is 10.9. The van der Waals surface area contributed by atoms with Crippen molar-refractivity contribution in [2.75, 3.05) is 39.5 Å². The van der Waals surface area contributed by atoms with Crippen LogP contribution in [0.4, 0.5) is 0 Å². The van der Waals surface area contributed by atoms with Gasteiger partial charge in [-0.2, -0.15) is 0 Å². The zero-order chi connectivity index (χ0) is 13.1. The topological polar surface area (TPSA) is 41.9 Å². The highest BCUT2D eigenvalue weighted by molar-refractivity contribution is 5.39. The molecular formula is C15H21NO3. The second-order valence-electron chi connectivity index (χ2n) is 5.24. The van der Waals surface area contributed by atoms with Gasteiger partial charge in [0.05, 0.1) is 32.5 Å². The van der Waals surface area contributed by atoms with E-state index in [1.165, 1.54) is 11.1 Å². The van der Waals surface area contributed by atoms with Gasteiger partial charge in [-0.25, -0.2) is 0 Å². The van der Waals surface area contributed by atoms with Crippen LogP contribution in [-0.2, 0) is 17.6 Å². The Morgan fingerprint density at radius 3 is 3.16 bits per heavy atom. The van der Waals surface area contributed by atoms with Gasteiger partial charge in [-0.05, 0) is 23.6 Å². The first-order valence-corrected chi connectivity index (χ1v) is 7.04. The van der Waals surface area contributed by atoms with E-state index in [0.29, 0.717) is 6.61 Å². The summed E-state index contributed by atoms with van der Waals surface area (Å²) in [6, 6.07) is 6.65. The van der Waals surface area contributed by atoms with Gasteiger partial charge in [-0.1, -0.05) is 12.1 Å². The fraction of sp³-hybridized carbons (Fsp3) is 0.600. The first-order valence-electron chi connectivity index (χ1n) is 7.04. The number of fused-ring (bicyclic) bond motifs is 1. The molecule has 4 heteroatoms. The SMILES string of the molecule is OCC1COCCN1CCc1ccc2c(c1)CCO2. The maximum atomic E-state index is 9.35. The molecule has 4 nitrogen and oxygen atoms in total. The molecule has 0 amide bonds. The summed E-state index contributed by atoms with van der Waals surface area (Å²) in [6.07, 6.45) is 2.05. The van der Waals surface area contributed by atoms with Gasteiger partial charge in [-0.3, -0.25) is 4.90 Å². The summed E-state index contributed by atoms with van der Waals surface area (Å²) in [5.74, 6) is 1.04. The van der Waals surface area contributed by atoms with Gasteiger partial charge in [0.25, 0.3) is 0 Å². The van der Waals surface area contributed by atoms with Gasteiger partial charge in [-0.15, -0.1) is 0 Å². The summed E-state index contributed by atoms with van der Waals surface area (Å²) in [7, 11) is 0. The highest BCUT2D eigenvalue weighted by Gasteiger charge is 2.21. The molecule has 19 heavy (non-hydrogen) atoms. The van der Waals surface area contributed by atoms with Crippen molar-refractivity contribution in [2.45, 2.75) is 18.9 Å². The fourth-order valence-electron chi connectivity index (χ4n) is 2.82. The van der Waals surface area contributed by atoms with Crippen LogP contribution in [0.3, 0.4) is 0 Å². The summed E-state index contributed by atoms with van der Waals surface area (Å²) in [5, 5.41) is 9.35. The van der Waals surface area contributed by atoms with E-state index in [4.69, 9.17) is 9.47 Å². The fourth-order valence-corrected chi connectivity index (χ4v) is 2.82. The van der Waals surface area contributed by atoms with Crippen LogP contribution in [0.1, 0.15) is 11.1 Å². The molecule has 1 N–H and O–H groups in total. The average molecular weight is 263 g/mol. The Balaban J connectivity index is 1.59. The molecule has 0 spiro atoms. The van der Waals surface area contributed by atoms with Crippen LogP contribution in [0, 0.1) is 0 Å². The van der Waals surface area contributed by atoms with Gasteiger partial charge in [0.1, 0.15) is 5.75 Å². The molecule has 2 heterocycles. The Morgan fingerprint density at radius 2 is 2.26 bits per heavy atom. The molecule has 1 unspecified atom stereocenters. The largest absolute Gasteiger partial charge is 0.493 e. The number of ether oxygens (including phenoxy) is 2. The van der Waals surface area contributed by atoms with Crippen LogP contribution in [0.2, 0.25) is 0 Å². The molecule has 1 aromatic carbocycles. The lowest BCUT2D eigenvalue weighted by Crippen LogP contribution is -2.48. The van der Waals surface area contributed by atoms with Crippen LogP contribution in [0.5, 0.6) is 5.75 Å².